The molecule has 4 rings (SSSR count). The topological polar surface area (TPSA) is 91.5 Å². The van der Waals surface area contributed by atoms with Gasteiger partial charge in [0.25, 0.3) is 5.69 Å². The van der Waals surface area contributed by atoms with Crippen LogP contribution in [0.25, 0.3) is 16.9 Å². The van der Waals surface area contributed by atoms with Crippen LogP contribution in [0.2, 0.25) is 0 Å². The van der Waals surface area contributed by atoms with Gasteiger partial charge in [-0.2, -0.15) is 5.10 Å². The molecule has 0 aliphatic carbocycles. The van der Waals surface area contributed by atoms with Crippen molar-refractivity contribution in [1.29, 1.82) is 0 Å². The molecule has 0 saturated carbocycles. The Morgan fingerprint density at radius 3 is 2.59 bits per heavy atom. The van der Waals surface area contributed by atoms with Crippen LogP contribution in [-0.4, -0.2) is 35.5 Å². The molecule has 0 bridgehead atoms. The van der Waals surface area contributed by atoms with Crippen LogP contribution in [0.5, 0.6) is 11.5 Å². The molecule has 2 heterocycles. The molecule has 0 fully saturated rings. The third kappa shape index (κ3) is 2.84. The van der Waals surface area contributed by atoms with Crippen molar-refractivity contribution in [2.45, 2.75) is 6.42 Å². The van der Waals surface area contributed by atoms with E-state index >= 15 is 0 Å². The molecule has 1 aromatic heterocycles. The van der Waals surface area contributed by atoms with Crippen molar-refractivity contribution in [3.63, 3.8) is 0 Å². The number of fused-ring (bicyclic) bond motifs is 1. The van der Waals surface area contributed by atoms with Crippen LogP contribution >= 0.6 is 0 Å². The molecule has 1 N–H and O–H groups in total. The summed E-state index contributed by atoms with van der Waals surface area (Å²) in [7, 11) is 3.24. The number of hydrogen-bond donors (Lipinski definition) is 1. The molecule has 2 aromatic carbocycles. The van der Waals surface area contributed by atoms with Crippen LogP contribution in [0, 0.1) is 10.1 Å². The van der Waals surface area contributed by atoms with Crippen molar-refractivity contribution in [3.8, 4) is 28.4 Å². The number of methoxy groups -OCH3 is 2. The van der Waals surface area contributed by atoms with Gasteiger partial charge in [0, 0.05) is 29.8 Å². The molecular formula is C19H18N4O4. The molecule has 0 unspecified atom stereocenters. The van der Waals surface area contributed by atoms with Crippen LogP contribution in [0.3, 0.4) is 0 Å². The summed E-state index contributed by atoms with van der Waals surface area (Å²) in [5, 5.41) is 19.0. The number of nitro benzene ring substituents is 1. The molecule has 3 aromatic rings. The maximum atomic E-state index is 10.9. The summed E-state index contributed by atoms with van der Waals surface area (Å²) in [5.74, 6) is 2.32. The van der Waals surface area contributed by atoms with E-state index in [1.807, 2.05) is 18.2 Å². The van der Waals surface area contributed by atoms with Gasteiger partial charge in [0.1, 0.15) is 23.0 Å². The van der Waals surface area contributed by atoms with E-state index in [9.17, 15) is 10.1 Å². The van der Waals surface area contributed by atoms with Gasteiger partial charge >= 0.3 is 0 Å². The lowest BCUT2D eigenvalue weighted by Crippen LogP contribution is -2.04. The highest BCUT2D eigenvalue weighted by molar-refractivity contribution is 5.77. The predicted octanol–water partition coefficient (Wildman–Crippen LogP) is 3.43. The van der Waals surface area contributed by atoms with Crippen LogP contribution < -0.4 is 14.8 Å². The number of non-ortho nitro benzene ring substituents is 1. The van der Waals surface area contributed by atoms with E-state index in [4.69, 9.17) is 14.6 Å². The number of ether oxygens (including phenoxy) is 2. The van der Waals surface area contributed by atoms with E-state index in [2.05, 4.69) is 5.32 Å². The average molecular weight is 366 g/mol. The van der Waals surface area contributed by atoms with E-state index in [-0.39, 0.29) is 5.69 Å². The Kier molecular flexibility index (Phi) is 4.15. The number of benzene rings is 2. The highest BCUT2D eigenvalue weighted by atomic mass is 16.6. The minimum Gasteiger partial charge on any atom is -0.497 e. The maximum absolute atomic E-state index is 10.9. The number of rotatable bonds is 5. The van der Waals surface area contributed by atoms with Gasteiger partial charge < -0.3 is 14.8 Å². The Morgan fingerprint density at radius 2 is 1.93 bits per heavy atom. The fraction of sp³-hybridized carbons (Fsp3) is 0.211. The molecule has 8 heteroatoms. The van der Waals surface area contributed by atoms with Crippen molar-refractivity contribution in [2.75, 3.05) is 26.1 Å². The molecule has 1 aliphatic heterocycles. The first-order chi connectivity index (χ1) is 13.1. The molecule has 8 nitrogen and oxygen atoms in total. The van der Waals surface area contributed by atoms with Crippen LogP contribution in [0.15, 0.2) is 42.5 Å². The minimum absolute atomic E-state index is 0.0465. The van der Waals surface area contributed by atoms with Crippen molar-refractivity contribution in [3.05, 3.63) is 58.1 Å². The fourth-order valence-electron chi connectivity index (χ4n) is 3.29. The molecule has 0 spiro atoms. The molecule has 0 amide bonds. The van der Waals surface area contributed by atoms with E-state index in [0.717, 1.165) is 47.0 Å². The van der Waals surface area contributed by atoms with Crippen molar-refractivity contribution in [1.82, 2.24) is 9.78 Å². The number of anilines is 1. The molecule has 138 valence electrons. The first-order valence-electron chi connectivity index (χ1n) is 8.45. The summed E-state index contributed by atoms with van der Waals surface area (Å²) >= 11 is 0. The molecule has 0 radical (unpaired) electrons. The number of nitrogens with zero attached hydrogens (tertiary/aromatic N) is 3. The number of hydrogen-bond acceptors (Lipinski definition) is 6. The number of nitro groups is 1. The molecule has 27 heavy (non-hydrogen) atoms. The summed E-state index contributed by atoms with van der Waals surface area (Å²) in [6.45, 7) is 0.805. The van der Waals surface area contributed by atoms with Crippen LogP contribution in [0.4, 0.5) is 11.5 Å². The summed E-state index contributed by atoms with van der Waals surface area (Å²) < 4.78 is 12.6. The second kappa shape index (κ2) is 6.64. The van der Waals surface area contributed by atoms with E-state index in [0.29, 0.717) is 5.75 Å². The lowest BCUT2D eigenvalue weighted by atomic mass is 10.1. The zero-order chi connectivity index (χ0) is 19.0. The number of nitrogens with one attached hydrogen (secondary N) is 1. The molecule has 0 saturated heterocycles. The van der Waals surface area contributed by atoms with Gasteiger partial charge in [0.2, 0.25) is 0 Å². The largest absolute Gasteiger partial charge is 0.497 e. The Hall–Kier alpha value is -3.55. The van der Waals surface area contributed by atoms with Gasteiger partial charge in [-0.05, 0) is 36.8 Å². The third-order valence-electron chi connectivity index (χ3n) is 4.62. The van der Waals surface area contributed by atoms with Crippen LogP contribution in [-0.2, 0) is 6.42 Å². The summed E-state index contributed by atoms with van der Waals surface area (Å²) in [6.07, 6.45) is 0.831. The number of aromatic nitrogens is 2. The van der Waals surface area contributed by atoms with E-state index < -0.39 is 4.92 Å². The van der Waals surface area contributed by atoms with Crippen LogP contribution in [0.1, 0.15) is 5.56 Å². The SMILES string of the molecule is COc1ccc(OC)c(-c2nn(-c3ccc([N+](=O)[O-])cc3)c3c2CCN3)c1. The molecule has 0 atom stereocenters. The Bertz CT molecular complexity index is 1010. The zero-order valence-electron chi connectivity index (χ0n) is 14.9. The summed E-state index contributed by atoms with van der Waals surface area (Å²) in [4.78, 5) is 10.5. The Balaban J connectivity index is 1.85. The third-order valence-corrected chi connectivity index (χ3v) is 4.62. The maximum Gasteiger partial charge on any atom is 0.269 e. The van der Waals surface area contributed by atoms with E-state index in [1.165, 1.54) is 12.1 Å². The summed E-state index contributed by atoms with van der Waals surface area (Å²) in [6, 6.07) is 11.9. The van der Waals surface area contributed by atoms with Crippen molar-refractivity contribution < 1.29 is 14.4 Å². The lowest BCUT2D eigenvalue weighted by molar-refractivity contribution is -0.384. The smallest absolute Gasteiger partial charge is 0.269 e. The van der Waals surface area contributed by atoms with Gasteiger partial charge in [-0.25, -0.2) is 4.68 Å². The Labute approximate surface area is 155 Å². The van der Waals surface area contributed by atoms with Gasteiger partial charge in [0.15, 0.2) is 0 Å². The second-order valence-corrected chi connectivity index (χ2v) is 6.10. The van der Waals surface area contributed by atoms with Crippen molar-refractivity contribution >= 4 is 11.5 Å². The standard InChI is InChI=1S/C19H18N4O4/c1-26-14-7-8-17(27-2)16(11-14)18-15-9-10-20-19(15)22(21-18)12-3-5-13(6-4-12)23(24)25/h3-8,11,20H,9-10H2,1-2H3. The van der Waals surface area contributed by atoms with Gasteiger partial charge in [-0.15, -0.1) is 0 Å². The normalized spacial score (nSPS) is 12.4. The van der Waals surface area contributed by atoms with Gasteiger partial charge in [0.05, 0.1) is 24.8 Å². The van der Waals surface area contributed by atoms with Gasteiger partial charge in [-0.3, -0.25) is 10.1 Å². The average Bonchev–Trinajstić information content (AvgIpc) is 3.30. The van der Waals surface area contributed by atoms with E-state index in [1.54, 1.807) is 31.0 Å². The monoisotopic (exact) mass is 366 g/mol. The minimum atomic E-state index is -0.415. The molecule has 1 aliphatic rings. The first-order valence-corrected chi connectivity index (χ1v) is 8.45. The lowest BCUT2D eigenvalue weighted by Gasteiger charge is -2.10. The summed E-state index contributed by atoms with van der Waals surface area (Å²) in [5.41, 5.74) is 3.53. The highest BCUT2D eigenvalue weighted by Crippen LogP contribution is 2.40. The second-order valence-electron chi connectivity index (χ2n) is 6.10. The quantitative estimate of drug-likeness (QED) is 0.549. The Morgan fingerprint density at radius 1 is 1.15 bits per heavy atom. The first kappa shape index (κ1) is 16.9. The zero-order valence-corrected chi connectivity index (χ0v) is 14.9. The fourth-order valence-corrected chi connectivity index (χ4v) is 3.29. The molecular weight excluding hydrogens is 348 g/mol. The predicted molar refractivity (Wildman–Crippen MR) is 101 cm³/mol. The highest BCUT2D eigenvalue weighted by Gasteiger charge is 2.26. The van der Waals surface area contributed by atoms with Gasteiger partial charge in [-0.1, -0.05) is 0 Å². The van der Waals surface area contributed by atoms with Crippen molar-refractivity contribution in [2.24, 2.45) is 0 Å².